The lowest BCUT2D eigenvalue weighted by molar-refractivity contribution is 0.239. The van der Waals surface area contributed by atoms with E-state index in [9.17, 15) is 0 Å². The number of rotatable bonds is 4. The Balaban J connectivity index is 2.92. The first-order valence-electron chi connectivity index (χ1n) is 3.95. The first-order chi connectivity index (χ1) is 6.29. The second kappa shape index (κ2) is 4.62. The maximum Gasteiger partial charge on any atom is 0.220 e. The smallest absolute Gasteiger partial charge is 0.220 e. The first kappa shape index (κ1) is 9.74. The third-order valence-corrected chi connectivity index (χ3v) is 1.66. The highest BCUT2D eigenvalue weighted by Crippen LogP contribution is 2.21. The number of ether oxygens (including phenoxy) is 2. The van der Waals surface area contributed by atoms with Crippen LogP contribution in [0, 0.1) is 0 Å². The Bertz CT molecular complexity index is 297. The maximum absolute atomic E-state index is 5.09. The van der Waals surface area contributed by atoms with E-state index in [0.29, 0.717) is 12.5 Å². The number of nitrogens with zero attached hydrogens (tertiary/aromatic N) is 1. The largest absolute Gasteiger partial charge is 0.481 e. The third-order valence-electron chi connectivity index (χ3n) is 1.66. The van der Waals surface area contributed by atoms with Gasteiger partial charge in [0, 0.05) is 18.9 Å². The van der Waals surface area contributed by atoms with Crippen molar-refractivity contribution >= 4 is 5.57 Å². The van der Waals surface area contributed by atoms with Gasteiger partial charge in [-0.2, -0.15) is 0 Å². The van der Waals surface area contributed by atoms with Gasteiger partial charge in [-0.3, -0.25) is 0 Å². The molecule has 0 aliphatic heterocycles. The van der Waals surface area contributed by atoms with Crippen LogP contribution in [0.2, 0.25) is 0 Å². The molecule has 0 aliphatic rings. The van der Waals surface area contributed by atoms with Gasteiger partial charge in [-0.15, -0.1) is 0 Å². The van der Waals surface area contributed by atoms with Crippen LogP contribution < -0.4 is 4.74 Å². The van der Waals surface area contributed by atoms with Crippen molar-refractivity contribution in [3.8, 4) is 5.88 Å². The summed E-state index contributed by atoms with van der Waals surface area (Å²) in [5.41, 5.74) is 1.76. The van der Waals surface area contributed by atoms with Crippen molar-refractivity contribution in [2.45, 2.75) is 0 Å². The van der Waals surface area contributed by atoms with Crippen LogP contribution in [0.15, 0.2) is 24.9 Å². The normalized spacial score (nSPS) is 9.69. The summed E-state index contributed by atoms with van der Waals surface area (Å²) in [5, 5.41) is 0. The van der Waals surface area contributed by atoms with Crippen molar-refractivity contribution < 1.29 is 9.47 Å². The minimum Gasteiger partial charge on any atom is -0.481 e. The Kier molecular flexibility index (Phi) is 3.46. The highest BCUT2D eigenvalue weighted by atomic mass is 16.5. The van der Waals surface area contributed by atoms with Crippen LogP contribution >= 0.6 is 0 Å². The van der Waals surface area contributed by atoms with Crippen molar-refractivity contribution in [3.63, 3.8) is 0 Å². The van der Waals surface area contributed by atoms with E-state index in [0.717, 1.165) is 11.1 Å². The lowest BCUT2D eigenvalue weighted by Crippen LogP contribution is -1.97. The molecule has 70 valence electrons. The predicted octanol–water partition coefficient (Wildman–Crippen LogP) is 1.75. The lowest BCUT2D eigenvalue weighted by atomic mass is 10.1. The van der Waals surface area contributed by atoms with Crippen molar-refractivity contribution in [3.05, 3.63) is 30.5 Å². The molecule has 0 bridgehead atoms. The Morgan fingerprint density at radius 1 is 1.54 bits per heavy atom. The van der Waals surface area contributed by atoms with Crippen LogP contribution in [0.25, 0.3) is 5.57 Å². The van der Waals surface area contributed by atoms with Gasteiger partial charge in [-0.1, -0.05) is 6.58 Å². The summed E-state index contributed by atoms with van der Waals surface area (Å²) in [5.74, 6) is 0.588. The standard InChI is InChI=1S/C10H13NO2/c1-8(7-12-2)9-5-4-6-11-10(9)13-3/h4-6H,1,7H2,2-3H3. The molecule has 3 nitrogen and oxygen atoms in total. The monoisotopic (exact) mass is 179 g/mol. The van der Waals surface area contributed by atoms with E-state index in [2.05, 4.69) is 11.6 Å². The van der Waals surface area contributed by atoms with Crippen molar-refractivity contribution in [2.75, 3.05) is 20.8 Å². The summed E-state index contributed by atoms with van der Waals surface area (Å²) < 4.78 is 10.1. The molecule has 0 aromatic carbocycles. The topological polar surface area (TPSA) is 31.4 Å². The van der Waals surface area contributed by atoms with E-state index in [4.69, 9.17) is 9.47 Å². The predicted molar refractivity (Wildman–Crippen MR) is 51.7 cm³/mol. The van der Waals surface area contributed by atoms with E-state index in [1.54, 1.807) is 20.4 Å². The van der Waals surface area contributed by atoms with Crippen molar-refractivity contribution in [1.29, 1.82) is 0 Å². The SMILES string of the molecule is C=C(COC)c1cccnc1OC. The van der Waals surface area contributed by atoms with Gasteiger partial charge >= 0.3 is 0 Å². The van der Waals surface area contributed by atoms with E-state index >= 15 is 0 Å². The molecule has 1 heterocycles. The molecule has 0 aliphatic carbocycles. The first-order valence-corrected chi connectivity index (χ1v) is 3.95. The van der Waals surface area contributed by atoms with Crippen molar-refractivity contribution in [2.24, 2.45) is 0 Å². The summed E-state index contributed by atoms with van der Waals surface area (Å²) >= 11 is 0. The molecule has 0 saturated carbocycles. The van der Waals surface area contributed by atoms with Crippen molar-refractivity contribution in [1.82, 2.24) is 4.98 Å². The Morgan fingerprint density at radius 3 is 2.92 bits per heavy atom. The molecular formula is C10H13NO2. The van der Waals surface area contributed by atoms with Gasteiger partial charge in [0.05, 0.1) is 13.7 Å². The number of pyridine rings is 1. The second-order valence-electron chi connectivity index (χ2n) is 2.60. The summed E-state index contributed by atoms with van der Waals surface area (Å²) in [7, 11) is 3.22. The Hall–Kier alpha value is -1.35. The molecule has 1 rings (SSSR count). The van der Waals surface area contributed by atoms with Crippen LogP contribution in [0.1, 0.15) is 5.56 Å². The Morgan fingerprint density at radius 2 is 2.31 bits per heavy atom. The molecule has 0 saturated heterocycles. The summed E-state index contributed by atoms with van der Waals surface area (Å²) in [6, 6.07) is 3.76. The molecule has 0 unspecified atom stereocenters. The molecule has 0 radical (unpaired) electrons. The Labute approximate surface area is 78.0 Å². The molecule has 0 atom stereocenters. The van der Waals surface area contributed by atoms with E-state index in [-0.39, 0.29) is 0 Å². The van der Waals surface area contributed by atoms with Gasteiger partial charge in [0.1, 0.15) is 0 Å². The third kappa shape index (κ3) is 2.29. The summed E-state index contributed by atoms with van der Waals surface area (Å²) in [6.07, 6.45) is 1.68. The number of hydrogen-bond donors (Lipinski definition) is 0. The number of aromatic nitrogens is 1. The fourth-order valence-corrected chi connectivity index (χ4v) is 1.07. The van der Waals surface area contributed by atoms with Gasteiger partial charge in [0.2, 0.25) is 5.88 Å². The lowest BCUT2D eigenvalue weighted by Gasteiger charge is -2.08. The van der Waals surface area contributed by atoms with Crippen LogP contribution in [-0.2, 0) is 4.74 Å². The van der Waals surface area contributed by atoms with Gasteiger partial charge < -0.3 is 9.47 Å². The zero-order chi connectivity index (χ0) is 9.68. The van der Waals surface area contributed by atoms with E-state index in [1.165, 1.54) is 0 Å². The van der Waals surface area contributed by atoms with Crippen LogP contribution in [0.3, 0.4) is 0 Å². The quantitative estimate of drug-likeness (QED) is 0.705. The van der Waals surface area contributed by atoms with Crippen LogP contribution in [0.4, 0.5) is 0 Å². The summed E-state index contributed by atoms with van der Waals surface area (Å²) in [6.45, 7) is 4.37. The van der Waals surface area contributed by atoms with Gasteiger partial charge in [0.25, 0.3) is 0 Å². The molecular weight excluding hydrogens is 166 g/mol. The van der Waals surface area contributed by atoms with Gasteiger partial charge in [0.15, 0.2) is 0 Å². The zero-order valence-corrected chi connectivity index (χ0v) is 7.91. The number of hydrogen-bond acceptors (Lipinski definition) is 3. The summed E-state index contributed by atoms with van der Waals surface area (Å²) in [4.78, 5) is 4.06. The highest BCUT2D eigenvalue weighted by molar-refractivity contribution is 5.67. The fraction of sp³-hybridized carbons (Fsp3) is 0.300. The van der Waals surface area contributed by atoms with Crippen LogP contribution in [0.5, 0.6) is 5.88 Å². The molecule has 0 amide bonds. The van der Waals surface area contributed by atoms with E-state index in [1.807, 2.05) is 12.1 Å². The fourth-order valence-electron chi connectivity index (χ4n) is 1.07. The average Bonchev–Trinajstić information content (AvgIpc) is 2.18. The van der Waals surface area contributed by atoms with Gasteiger partial charge in [-0.05, 0) is 17.7 Å². The minimum absolute atomic E-state index is 0.488. The average molecular weight is 179 g/mol. The van der Waals surface area contributed by atoms with Gasteiger partial charge in [-0.25, -0.2) is 4.98 Å². The van der Waals surface area contributed by atoms with Crippen LogP contribution in [-0.4, -0.2) is 25.8 Å². The molecule has 3 heteroatoms. The molecule has 0 N–H and O–H groups in total. The van der Waals surface area contributed by atoms with E-state index < -0.39 is 0 Å². The highest BCUT2D eigenvalue weighted by Gasteiger charge is 2.05. The molecule has 13 heavy (non-hydrogen) atoms. The number of methoxy groups -OCH3 is 2. The minimum atomic E-state index is 0.488. The molecule has 1 aromatic rings. The maximum atomic E-state index is 5.09. The zero-order valence-electron chi connectivity index (χ0n) is 7.91. The molecule has 0 spiro atoms. The molecule has 1 aromatic heterocycles. The molecule has 0 fully saturated rings. The second-order valence-corrected chi connectivity index (χ2v) is 2.60.